The van der Waals surface area contributed by atoms with E-state index in [0.29, 0.717) is 24.0 Å². The number of hydrogen-bond donors (Lipinski definition) is 2. The first-order chi connectivity index (χ1) is 15.8. The van der Waals surface area contributed by atoms with Crippen LogP contribution in [0.5, 0.6) is 0 Å². The highest BCUT2D eigenvalue weighted by Gasteiger charge is 2.15. The zero-order valence-electron chi connectivity index (χ0n) is 20.2. The molecule has 0 spiro atoms. The van der Waals surface area contributed by atoms with Crippen molar-refractivity contribution < 1.29 is 4.79 Å². The minimum atomic E-state index is -0.201. The number of hydrogen-bond acceptors (Lipinski definition) is 3. The summed E-state index contributed by atoms with van der Waals surface area (Å²) in [5.74, 6) is 0.718. The van der Waals surface area contributed by atoms with E-state index in [1.165, 1.54) is 11.1 Å². The van der Waals surface area contributed by atoms with Gasteiger partial charge in [-0.2, -0.15) is 0 Å². The van der Waals surface area contributed by atoms with Crippen molar-refractivity contribution in [2.45, 2.75) is 58.9 Å². The number of rotatable bonds is 6. The Hall–Kier alpha value is -3.47. The molecule has 3 rings (SSSR count). The number of guanidine groups is 1. The van der Waals surface area contributed by atoms with E-state index in [2.05, 4.69) is 67.4 Å². The molecule has 5 heteroatoms. The average molecular weight is 443 g/mol. The molecule has 0 aliphatic carbocycles. The van der Waals surface area contributed by atoms with Gasteiger partial charge >= 0.3 is 0 Å². The molecule has 1 amide bonds. The molecular formula is C28H34N4O. The second kappa shape index (κ2) is 10.9. The first-order valence-electron chi connectivity index (χ1n) is 11.5. The summed E-state index contributed by atoms with van der Waals surface area (Å²) in [5.41, 5.74) is 4.99. The maximum absolute atomic E-state index is 13.0. The third-order valence-corrected chi connectivity index (χ3v) is 5.77. The molecule has 0 aliphatic heterocycles. The number of aliphatic imine (C=N–C) groups is 1. The van der Waals surface area contributed by atoms with Gasteiger partial charge in [-0.15, -0.1) is 0 Å². The molecule has 3 aromatic rings. The molecule has 0 fully saturated rings. The van der Waals surface area contributed by atoms with Crippen LogP contribution in [0.3, 0.4) is 0 Å². The normalized spacial score (nSPS) is 12.8. The minimum absolute atomic E-state index is 0.0369. The second-order valence-corrected chi connectivity index (χ2v) is 9.36. The van der Waals surface area contributed by atoms with Crippen LogP contribution >= 0.6 is 0 Å². The van der Waals surface area contributed by atoms with Crippen molar-refractivity contribution in [3.8, 4) is 0 Å². The van der Waals surface area contributed by atoms with Crippen molar-refractivity contribution in [2.75, 3.05) is 5.32 Å². The van der Waals surface area contributed by atoms with Crippen molar-refractivity contribution in [3.63, 3.8) is 0 Å². The SMILES string of the molecule is CC[C@@H](C)c1ccc(NC(=NCc2ccncc2)NC(=O)c2ccc(C(C)(C)C)cc2)cc1. The second-order valence-electron chi connectivity index (χ2n) is 9.36. The van der Waals surface area contributed by atoms with Gasteiger partial charge in [-0.25, -0.2) is 4.99 Å². The first-order valence-corrected chi connectivity index (χ1v) is 11.5. The first kappa shape index (κ1) is 24.2. The van der Waals surface area contributed by atoms with E-state index in [1.807, 2.05) is 48.5 Å². The quantitative estimate of drug-likeness (QED) is 0.348. The molecule has 0 saturated heterocycles. The third kappa shape index (κ3) is 7.01. The summed E-state index contributed by atoms with van der Waals surface area (Å²) in [5, 5.41) is 6.22. The predicted octanol–water partition coefficient (Wildman–Crippen LogP) is 6.29. The van der Waals surface area contributed by atoms with Crippen molar-refractivity contribution in [3.05, 3.63) is 95.3 Å². The van der Waals surface area contributed by atoms with E-state index in [-0.39, 0.29) is 11.3 Å². The van der Waals surface area contributed by atoms with Crippen LogP contribution in [0.4, 0.5) is 5.69 Å². The van der Waals surface area contributed by atoms with Gasteiger partial charge in [-0.05, 0) is 70.8 Å². The third-order valence-electron chi connectivity index (χ3n) is 5.77. The lowest BCUT2D eigenvalue weighted by Gasteiger charge is -2.19. The fraction of sp³-hybridized carbons (Fsp3) is 0.321. The minimum Gasteiger partial charge on any atom is -0.326 e. The fourth-order valence-corrected chi connectivity index (χ4v) is 3.34. The Bertz CT molecular complexity index is 1070. The molecule has 0 aliphatic rings. The van der Waals surface area contributed by atoms with Gasteiger partial charge in [0, 0.05) is 23.6 Å². The lowest BCUT2D eigenvalue weighted by atomic mass is 9.87. The van der Waals surface area contributed by atoms with E-state index < -0.39 is 0 Å². The molecule has 0 unspecified atom stereocenters. The van der Waals surface area contributed by atoms with Crippen LogP contribution in [0.25, 0.3) is 0 Å². The number of anilines is 1. The van der Waals surface area contributed by atoms with Crippen molar-refractivity contribution in [2.24, 2.45) is 4.99 Å². The molecule has 33 heavy (non-hydrogen) atoms. The van der Waals surface area contributed by atoms with Crippen LogP contribution in [0.2, 0.25) is 0 Å². The zero-order valence-corrected chi connectivity index (χ0v) is 20.2. The van der Waals surface area contributed by atoms with Gasteiger partial charge in [-0.1, -0.05) is 58.9 Å². The maximum atomic E-state index is 13.0. The average Bonchev–Trinajstić information content (AvgIpc) is 2.82. The predicted molar refractivity (Wildman–Crippen MR) is 137 cm³/mol. The Labute approximate surface area is 197 Å². The van der Waals surface area contributed by atoms with E-state index in [0.717, 1.165) is 17.7 Å². The van der Waals surface area contributed by atoms with Crippen LogP contribution in [0.15, 0.2) is 78.0 Å². The van der Waals surface area contributed by atoms with E-state index in [1.54, 1.807) is 12.4 Å². The Morgan fingerprint density at radius 3 is 2.18 bits per heavy atom. The van der Waals surface area contributed by atoms with Crippen LogP contribution in [0, 0.1) is 0 Å². The Morgan fingerprint density at radius 1 is 0.970 bits per heavy atom. The fourth-order valence-electron chi connectivity index (χ4n) is 3.34. The lowest BCUT2D eigenvalue weighted by molar-refractivity contribution is 0.0977. The molecule has 0 radical (unpaired) electrons. The van der Waals surface area contributed by atoms with Gasteiger partial charge in [0.15, 0.2) is 0 Å². The van der Waals surface area contributed by atoms with E-state index in [4.69, 9.17) is 0 Å². The van der Waals surface area contributed by atoms with Gasteiger partial charge in [0.1, 0.15) is 0 Å². The molecule has 2 N–H and O–H groups in total. The van der Waals surface area contributed by atoms with Crippen LogP contribution in [-0.2, 0) is 12.0 Å². The number of benzene rings is 2. The monoisotopic (exact) mass is 442 g/mol. The standard InChI is InChI=1S/C28H34N4O/c1-6-20(2)22-9-13-25(14-10-22)31-27(30-19-21-15-17-29-18-16-21)32-26(33)23-7-11-24(12-8-23)28(3,4)5/h7-18,20H,6,19H2,1-5H3,(H2,30,31,32,33)/t20-/m1/s1. The Morgan fingerprint density at radius 2 is 1.61 bits per heavy atom. The smallest absolute Gasteiger partial charge is 0.257 e. The van der Waals surface area contributed by atoms with Gasteiger partial charge < -0.3 is 5.32 Å². The number of nitrogens with one attached hydrogen (secondary N) is 2. The molecule has 2 aromatic carbocycles. The number of aromatic nitrogens is 1. The number of carbonyl (C=O) groups is 1. The summed E-state index contributed by atoms with van der Waals surface area (Å²) in [6.45, 7) is 11.3. The van der Waals surface area contributed by atoms with Crippen LogP contribution < -0.4 is 10.6 Å². The van der Waals surface area contributed by atoms with Crippen LogP contribution in [0.1, 0.15) is 74.0 Å². The summed E-state index contributed by atoms with van der Waals surface area (Å²) in [6, 6.07) is 19.8. The molecule has 1 heterocycles. The van der Waals surface area contributed by atoms with Gasteiger partial charge in [0.2, 0.25) is 5.96 Å². The van der Waals surface area contributed by atoms with Gasteiger partial charge in [0.25, 0.3) is 5.91 Å². The molecule has 172 valence electrons. The van der Waals surface area contributed by atoms with Crippen LogP contribution in [-0.4, -0.2) is 16.9 Å². The highest BCUT2D eigenvalue weighted by Crippen LogP contribution is 2.22. The molecule has 0 saturated carbocycles. The summed E-state index contributed by atoms with van der Waals surface area (Å²) in [4.78, 5) is 21.6. The van der Waals surface area contributed by atoms with Crippen molar-refractivity contribution >= 4 is 17.6 Å². The van der Waals surface area contributed by atoms with Gasteiger partial charge in [-0.3, -0.25) is 15.1 Å². The molecule has 1 atom stereocenters. The highest BCUT2D eigenvalue weighted by atomic mass is 16.1. The number of pyridine rings is 1. The Balaban J connectivity index is 1.78. The molecule has 0 bridgehead atoms. The van der Waals surface area contributed by atoms with Crippen molar-refractivity contribution in [1.82, 2.24) is 10.3 Å². The van der Waals surface area contributed by atoms with E-state index >= 15 is 0 Å². The molecule has 1 aromatic heterocycles. The maximum Gasteiger partial charge on any atom is 0.257 e. The summed E-state index contributed by atoms with van der Waals surface area (Å²) >= 11 is 0. The Kier molecular flexibility index (Phi) is 7.99. The topological polar surface area (TPSA) is 66.4 Å². The zero-order chi connectivity index (χ0) is 23.8. The van der Waals surface area contributed by atoms with E-state index in [9.17, 15) is 4.79 Å². The lowest BCUT2D eigenvalue weighted by Crippen LogP contribution is -2.36. The summed E-state index contributed by atoms with van der Waals surface area (Å²) in [7, 11) is 0. The molecule has 5 nitrogen and oxygen atoms in total. The largest absolute Gasteiger partial charge is 0.326 e. The summed E-state index contributed by atoms with van der Waals surface area (Å²) in [6.07, 6.45) is 4.57. The molecular weight excluding hydrogens is 408 g/mol. The highest BCUT2D eigenvalue weighted by molar-refractivity contribution is 6.09. The number of nitrogens with zero attached hydrogens (tertiary/aromatic N) is 2. The number of carbonyl (C=O) groups excluding carboxylic acids is 1. The number of amides is 1. The van der Waals surface area contributed by atoms with Gasteiger partial charge in [0.05, 0.1) is 6.54 Å². The van der Waals surface area contributed by atoms with Crippen molar-refractivity contribution in [1.29, 1.82) is 0 Å². The summed E-state index contributed by atoms with van der Waals surface area (Å²) < 4.78 is 0.